The van der Waals surface area contributed by atoms with Gasteiger partial charge in [0.25, 0.3) is 0 Å². The van der Waals surface area contributed by atoms with Crippen LogP contribution in [0.25, 0.3) is 0 Å². The first kappa shape index (κ1) is 9.50. The summed E-state index contributed by atoms with van der Waals surface area (Å²) >= 11 is 4.47. The van der Waals surface area contributed by atoms with Gasteiger partial charge in [0.05, 0.1) is 5.33 Å². The Labute approximate surface area is 68.7 Å². The Hall–Kier alpha value is 0.500. The van der Waals surface area contributed by atoms with Crippen LogP contribution in [0.3, 0.4) is 0 Å². The van der Waals surface area contributed by atoms with Gasteiger partial charge in [0, 0.05) is 4.75 Å². The summed E-state index contributed by atoms with van der Waals surface area (Å²) in [5.41, 5.74) is 0. The zero-order valence-corrected chi connectivity index (χ0v) is 8.30. The summed E-state index contributed by atoms with van der Waals surface area (Å²) in [5.74, 6) is 0. The Balaban J connectivity index is 3.60. The number of hydrogen-bond donors (Lipinski definition) is 0. The first-order valence-electron chi connectivity index (χ1n) is 2.73. The lowest BCUT2D eigenvalue weighted by Gasteiger charge is -2.14. The second-order valence-electron chi connectivity index (χ2n) is 2.72. The van der Waals surface area contributed by atoms with Gasteiger partial charge in [-0.2, -0.15) is 0 Å². The molecule has 0 unspecified atom stereocenters. The van der Waals surface area contributed by atoms with Crippen LogP contribution in [0.5, 0.6) is 0 Å². The highest BCUT2D eigenvalue weighted by Crippen LogP contribution is 2.24. The summed E-state index contributed by atoms with van der Waals surface area (Å²) in [7, 11) is 0. The van der Waals surface area contributed by atoms with Crippen molar-refractivity contribution in [1.29, 1.82) is 0 Å². The van der Waals surface area contributed by atoms with Crippen molar-refractivity contribution < 1.29 is 4.79 Å². The number of halogens is 1. The van der Waals surface area contributed by atoms with E-state index in [0.29, 0.717) is 5.33 Å². The van der Waals surface area contributed by atoms with E-state index in [1.807, 2.05) is 20.8 Å². The number of alkyl halides is 1. The molecule has 0 bridgehead atoms. The van der Waals surface area contributed by atoms with Crippen LogP contribution in [0, 0.1) is 0 Å². The molecule has 0 aliphatic rings. The van der Waals surface area contributed by atoms with E-state index in [-0.39, 0.29) is 9.86 Å². The highest BCUT2D eigenvalue weighted by molar-refractivity contribution is 9.09. The molecule has 0 amide bonds. The Bertz CT molecular complexity index is 106. The van der Waals surface area contributed by atoms with Crippen LogP contribution in [0.1, 0.15) is 20.8 Å². The molecule has 0 aromatic rings. The number of hydrogen-bond acceptors (Lipinski definition) is 2. The fourth-order valence-electron chi connectivity index (χ4n) is 0.369. The molecule has 0 saturated heterocycles. The van der Waals surface area contributed by atoms with Crippen LogP contribution >= 0.6 is 27.7 Å². The zero-order valence-electron chi connectivity index (χ0n) is 5.90. The summed E-state index contributed by atoms with van der Waals surface area (Å²) in [6, 6.07) is 0. The standard InChI is InChI=1S/C6H11BrOS/c1-6(2,3)9-5(8)4-7/h4H2,1-3H3. The van der Waals surface area contributed by atoms with Crippen molar-refractivity contribution >= 4 is 32.8 Å². The highest BCUT2D eigenvalue weighted by atomic mass is 79.9. The van der Waals surface area contributed by atoms with Gasteiger partial charge in [-0.25, -0.2) is 0 Å². The molecule has 0 aromatic carbocycles. The fraction of sp³-hybridized carbons (Fsp3) is 0.833. The van der Waals surface area contributed by atoms with E-state index in [1.54, 1.807) is 0 Å². The molecule has 0 fully saturated rings. The number of carbonyl (C=O) groups excluding carboxylic acids is 1. The van der Waals surface area contributed by atoms with Gasteiger partial charge >= 0.3 is 0 Å². The molecule has 0 heterocycles. The van der Waals surface area contributed by atoms with E-state index in [9.17, 15) is 4.79 Å². The van der Waals surface area contributed by atoms with Crippen LogP contribution in [-0.4, -0.2) is 15.2 Å². The third kappa shape index (κ3) is 6.38. The van der Waals surface area contributed by atoms with Crippen molar-refractivity contribution in [2.45, 2.75) is 25.5 Å². The molecule has 54 valence electrons. The quantitative estimate of drug-likeness (QED) is 0.619. The lowest BCUT2D eigenvalue weighted by atomic mass is 10.3. The topological polar surface area (TPSA) is 17.1 Å². The fourth-order valence-corrected chi connectivity index (χ4v) is 1.45. The Kier molecular flexibility index (Phi) is 3.82. The van der Waals surface area contributed by atoms with Crippen molar-refractivity contribution in [3.05, 3.63) is 0 Å². The SMILES string of the molecule is CC(C)(C)SC(=O)CBr. The molecule has 3 heteroatoms. The smallest absolute Gasteiger partial charge is 0.199 e. The molecule has 0 aliphatic heterocycles. The molecule has 1 nitrogen and oxygen atoms in total. The minimum absolute atomic E-state index is 0.0604. The van der Waals surface area contributed by atoms with Crippen LogP contribution < -0.4 is 0 Å². The Morgan fingerprint density at radius 1 is 1.56 bits per heavy atom. The van der Waals surface area contributed by atoms with Gasteiger partial charge < -0.3 is 0 Å². The summed E-state index contributed by atoms with van der Waals surface area (Å²) in [5, 5.41) is 0.650. The van der Waals surface area contributed by atoms with Gasteiger partial charge in [-0.15, -0.1) is 0 Å². The van der Waals surface area contributed by atoms with Crippen molar-refractivity contribution in [3.8, 4) is 0 Å². The second-order valence-corrected chi connectivity index (χ2v) is 5.17. The number of thioether (sulfide) groups is 1. The van der Waals surface area contributed by atoms with Gasteiger partial charge in [-0.1, -0.05) is 48.5 Å². The summed E-state index contributed by atoms with van der Waals surface area (Å²) in [6.07, 6.45) is 0. The minimum Gasteiger partial charge on any atom is -0.286 e. The first-order chi connectivity index (χ1) is 3.95. The summed E-state index contributed by atoms with van der Waals surface area (Å²) in [4.78, 5) is 10.7. The molecule has 0 saturated carbocycles. The van der Waals surface area contributed by atoms with Crippen LogP contribution in [-0.2, 0) is 4.79 Å². The molecule has 0 spiro atoms. The normalized spacial score (nSPS) is 11.6. The maximum Gasteiger partial charge on any atom is 0.199 e. The number of rotatable bonds is 1. The molecule has 9 heavy (non-hydrogen) atoms. The van der Waals surface area contributed by atoms with Crippen molar-refractivity contribution in [2.24, 2.45) is 0 Å². The molecule has 0 rings (SSSR count). The van der Waals surface area contributed by atoms with Crippen LogP contribution in [0.2, 0.25) is 0 Å². The van der Waals surface area contributed by atoms with Crippen molar-refractivity contribution in [1.82, 2.24) is 0 Å². The van der Waals surface area contributed by atoms with Crippen molar-refractivity contribution in [3.63, 3.8) is 0 Å². The van der Waals surface area contributed by atoms with Gasteiger partial charge in [0.1, 0.15) is 0 Å². The van der Waals surface area contributed by atoms with E-state index >= 15 is 0 Å². The predicted molar refractivity (Wildman–Crippen MR) is 46.1 cm³/mol. The predicted octanol–water partition coefficient (Wildman–Crippen LogP) is 2.44. The largest absolute Gasteiger partial charge is 0.286 e. The third-order valence-corrected chi connectivity index (χ3v) is 2.39. The van der Waals surface area contributed by atoms with Crippen LogP contribution in [0.4, 0.5) is 0 Å². The summed E-state index contributed by atoms with van der Waals surface area (Å²) in [6.45, 7) is 6.08. The summed E-state index contributed by atoms with van der Waals surface area (Å²) < 4.78 is 0.0604. The van der Waals surface area contributed by atoms with E-state index in [2.05, 4.69) is 15.9 Å². The molecule has 0 aliphatic carbocycles. The number of carbonyl (C=O) groups is 1. The highest BCUT2D eigenvalue weighted by Gasteiger charge is 2.14. The zero-order chi connectivity index (χ0) is 7.49. The average Bonchev–Trinajstić information content (AvgIpc) is 1.62. The maximum atomic E-state index is 10.7. The van der Waals surface area contributed by atoms with Gasteiger partial charge in [-0.3, -0.25) is 4.79 Å². The lowest BCUT2D eigenvalue weighted by molar-refractivity contribution is -0.108. The van der Waals surface area contributed by atoms with E-state index < -0.39 is 0 Å². The molecule has 0 aromatic heterocycles. The average molecular weight is 211 g/mol. The second kappa shape index (κ2) is 3.62. The first-order valence-corrected chi connectivity index (χ1v) is 4.67. The van der Waals surface area contributed by atoms with E-state index in [0.717, 1.165) is 0 Å². The third-order valence-electron chi connectivity index (χ3n) is 0.529. The van der Waals surface area contributed by atoms with Gasteiger partial charge in [0.2, 0.25) is 0 Å². The Morgan fingerprint density at radius 2 is 2.00 bits per heavy atom. The molecule has 0 N–H and O–H groups in total. The van der Waals surface area contributed by atoms with E-state index in [1.165, 1.54) is 11.8 Å². The van der Waals surface area contributed by atoms with Crippen LogP contribution in [0.15, 0.2) is 0 Å². The monoisotopic (exact) mass is 210 g/mol. The molecule has 0 radical (unpaired) electrons. The maximum absolute atomic E-state index is 10.7. The molecule has 0 atom stereocenters. The lowest BCUT2D eigenvalue weighted by Crippen LogP contribution is -2.12. The minimum atomic E-state index is 0.0604. The molecular formula is C6H11BrOS. The Morgan fingerprint density at radius 3 is 2.11 bits per heavy atom. The van der Waals surface area contributed by atoms with E-state index in [4.69, 9.17) is 0 Å². The van der Waals surface area contributed by atoms with Gasteiger partial charge in [-0.05, 0) is 0 Å². The van der Waals surface area contributed by atoms with Gasteiger partial charge in [0.15, 0.2) is 5.12 Å². The van der Waals surface area contributed by atoms with Crippen molar-refractivity contribution in [2.75, 3.05) is 5.33 Å². The molecular weight excluding hydrogens is 200 g/mol.